The molecule has 1 amide bonds. The van der Waals surface area contributed by atoms with Crippen LogP contribution in [0.15, 0.2) is 18.2 Å². The molecule has 1 aliphatic carbocycles. The molecule has 2 rings (SSSR count). The van der Waals surface area contributed by atoms with Crippen molar-refractivity contribution in [3.8, 4) is 0 Å². The molecule has 18 heavy (non-hydrogen) atoms. The second-order valence-electron chi connectivity index (χ2n) is 5.17. The smallest absolute Gasteiger partial charge is 0.250 e. The molecular weight excluding hydrogens is 248 g/mol. The van der Waals surface area contributed by atoms with E-state index in [0.717, 1.165) is 11.6 Å². The van der Waals surface area contributed by atoms with Crippen LogP contribution < -0.4 is 11.1 Å². The Labute approximate surface area is 113 Å². The lowest BCUT2D eigenvalue weighted by Crippen LogP contribution is -2.26. The predicted octanol–water partition coefficient (Wildman–Crippen LogP) is 3.43. The fourth-order valence-electron chi connectivity index (χ4n) is 2.60. The highest BCUT2D eigenvalue weighted by Gasteiger charge is 2.19. The first-order valence-electron chi connectivity index (χ1n) is 6.42. The summed E-state index contributed by atoms with van der Waals surface area (Å²) in [4.78, 5) is 11.2. The zero-order chi connectivity index (χ0) is 13.1. The fourth-order valence-corrected chi connectivity index (χ4v) is 2.82. The van der Waals surface area contributed by atoms with E-state index in [1.165, 1.54) is 25.7 Å². The average molecular weight is 267 g/mol. The van der Waals surface area contributed by atoms with Gasteiger partial charge in [-0.1, -0.05) is 31.4 Å². The van der Waals surface area contributed by atoms with Crippen LogP contribution in [-0.2, 0) is 0 Å². The second-order valence-corrected chi connectivity index (χ2v) is 5.58. The molecule has 0 heterocycles. The van der Waals surface area contributed by atoms with Crippen molar-refractivity contribution in [1.29, 1.82) is 0 Å². The SMILES string of the molecule is CC1CCCC(Nc2ccc(Cl)c(C(N)=O)c2)C1. The number of rotatable bonds is 3. The molecule has 98 valence electrons. The van der Waals surface area contributed by atoms with Gasteiger partial charge >= 0.3 is 0 Å². The van der Waals surface area contributed by atoms with Gasteiger partial charge < -0.3 is 11.1 Å². The Bertz CT molecular complexity index is 447. The van der Waals surface area contributed by atoms with E-state index in [4.69, 9.17) is 17.3 Å². The summed E-state index contributed by atoms with van der Waals surface area (Å²) in [6, 6.07) is 5.84. The van der Waals surface area contributed by atoms with Crippen LogP contribution in [-0.4, -0.2) is 11.9 Å². The van der Waals surface area contributed by atoms with Crippen molar-refractivity contribution in [2.24, 2.45) is 11.7 Å². The number of primary amides is 1. The van der Waals surface area contributed by atoms with Crippen LogP contribution in [0, 0.1) is 5.92 Å². The summed E-state index contributed by atoms with van der Waals surface area (Å²) in [5.74, 6) is 0.278. The van der Waals surface area contributed by atoms with Crippen molar-refractivity contribution in [2.75, 3.05) is 5.32 Å². The van der Waals surface area contributed by atoms with E-state index in [1.807, 2.05) is 6.07 Å². The molecule has 1 fully saturated rings. The van der Waals surface area contributed by atoms with Gasteiger partial charge in [0.2, 0.25) is 5.91 Å². The third-order valence-corrected chi connectivity index (χ3v) is 3.87. The molecule has 0 radical (unpaired) electrons. The first-order chi connectivity index (χ1) is 8.56. The minimum atomic E-state index is -0.485. The van der Waals surface area contributed by atoms with Crippen LogP contribution in [0.1, 0.15) is 43.0 Å². The molecule has 0 saturated heterocycles. The summed E-state index contributed by atoms with van der Waals surface area (Å²) >= 11 is 5.93. The molecule has 1 aliphatic rings. The van der Waals surface area contributed by atoms with Crippen LogP contribution in [0.4, 0.5) is 5.69 Å². The Kier molecular flexibility index (Phi) is 4.12. The van der Waals surface area contributed by atoms with Gasteiger partial charge in [-0.3, -0.25) is 4.79 Å². The minimum absolute atomic E-state index is 0.380. The van der Waals surface area contributed by atoms with E-state index >= 15 is 0 Å². The molecule has 4 heteroatoms. The van der Waals surface area contributed by atoms with Crippen molar-refractivity contribution in [2.45, 2.75) is 38.6 Å². The number of benzene rings is 1. The van der Waals surface area contributed by atoms with Gasteiger partial charge in [-0.25, -0.2) is 0 Å². The van der Waals surface area contributed by atoms with Crippen LogP contribution in [0.5, 0.6) is 0 Å². The lowest BCUT2D eigenvalue weighted by molar-refractivity contribution is 0.100. The van der Waals surface area contributed by atoms with Crippen molar-refractivity contribution in [3.63, 3.8) is 0 Å². The number of hydrogen-bond donors (Lipinski definition) is 2. The van der Waals surface area contributed by atoms with E-state index in [1.54, 1.807) is 12.1 Å². The van der Waals surface area contributed by atoms with E-state index in [0.29, 0.717) is 16.6 Å². The summed E-state index contributed by atoms with van der Waals surface area (Å²) < 4.78 is 0. The van der Waals surface area contributed by atoms with E-state index in [9.17, 15) is 4.79 Å². The molecule has 1 aromatic rings. The van der Waals surface area contributed by atoms with Gasteiger partial charge in [-0.15, -0.1) is 0 Å². The molecule has 1 saturated carbocycles. The summed E-state index contributed by atoms with van der Waals surface area (Å²) in [6.45, 7) is 2.28. The zero-order valence-corrected chi connectivity index (χ0v) is 11.3. The quantitative estimate of drug-likeness (QED) is 0.881. The van der Waals surface area contributed by atoms with Crippen LogP contribution in [0.2, 0.25) is 5.02 Å². The summed E-state index contributed by atoms with van der Waals surface area (Å²) in [7, 11) is 0. The Morgan fingerprint density at radius 3 is 2.89 bits per heavy atom. The Morgan fingerprint density at radius 2 is 2.22 bits per heavy atom. The number of halogens is 1. The number of carbonyl (C=O) groups is 1. The Morgan fingerprint density at radius 1 is 1.44 bits per heavy atom. The van der Waals surface area contributed by atoms with Gasteiger partial charge in [0.05, 0.1) is 10.6 Å². The standard InChI is InChI=1S/C14H19ClN2O/c1-9-3-2-4-10(7-9)17-11-5-6-13(15)12(8-11)14(16)18/h5-6,8-10,17H,2-4,7H2,1H3,(H2,16,18). The first-order valence-corrected chi connectivity index (χ1v) is 6.80. The molecule has 2 atom stereocenters. The highest BCUT2D eigenvalue weighted by Crippen LogP contribution is 2.27. The largest absolute Gasteiger partial charge is 0.382 e. The van der Waals surface area contributed by atoms with Crippen LogP contribution in [0.3, 0.4) is 0 Å². The predicted molar refractivity (Wildman–Crippen MR) is 75.0 cm³/mol. The van der Waals surface area contributed by atoms with E-state index in [-0.39, 0.29) is 0 Å². The lowest BCUT2D eigenvalue weighted by atomic mass is 9.87. The fraction of sp³-hybridized carbons (Fsp3) is 0.500. The molecule has 1 aromatic carbocycles. The van der Waals surface area contributed by atoms with Crippen molar-refractivity contribution in [1.82, 2.24) is 0 Å². The number of amides is 1. The molecule has 0 aromatic heterocycles. The van der Waals surface area contributed by atoms with Crippen molar-refractivity contribution in [3.05, 3.63) is 28.8 Å². The third kappa shape index (κ3) is 3.16. The van der Waals surface area contributed by atoms with Gasteiger partial charge in [-0.05, 0) is 37.0 Å². The number of anilines is 1. The number of carbonyl (C=O) groups excluding carboxylic acids is 1. The third-order valence-electron chi connectivity index (χ3n) is 3.54. The maximum Gasteiger partial charge on any atom is 0.250 e. The molecule has 0 aliphatic heterocycles. The van der Waals surface area contributed by atoms with Gasteiger partial charge in [0.1, 0.15) is 0 Å². The summed E-state index contributed by atoms with van der Waals surface area (Å²) in [5.41, 5.74) is 6.59. The minimum Gasteiger partial charge on any atom is -0.382 e. The molecule has 3 N–H and O–H groups in total. The van der Waals surface area contributed by atoms with Crippen molar-refractivity contribution >= 4 is 23.2 Å². The molecule has 3 nitrogen and oxygen atoms in total. The average Bonchev–Trinajstić information content (AvgIpc) is 2.31. The van der Waals surface area contributed by atoms with Crippen LogP contribution >= 0.6 is 11.6 Å². The summed E-state index contributed by atoms with van der Waals surface area (Å²) in [6.07, 6.45) is 4.92. The molecular formula is C14H19ClN2O. The maximum absolute atomic E-state index is 11.2. The molecule has 2 unspecified atom stereocenters. The van der Waals surface area contributed by atoms with E-state index in [2.05, 4.69) is 12.2 Å². The number of hydrogen-bond acceptors (Lipinski definition) is 2. The monoisotopic (exact) mass is 266 g/mol. The van der Waals surface area contributed by atoms with Gasteiger partial charge in [0.25, 0.3) is 0 Å². The Hall–Kier alpha value is -1.22. The first kappa shape index (κ1) is 13.2. The van der Waals surface area contributed by atoms with Crippen molar-refractivity contribution < 1.29 is 4.79 Å². The number of nitrogens with two attached hydrogens (primary N) is 1. The topological polar surface area (TPSA) is 55.1 Å². The van der Waals surface area contributed by atoms with E-state index < -0.39 is 5.91 Å². The van der Waals surface area contributed by atoms with Gasteiger partial charge in [-0.2, -0.15) is 0 Å². The normalized spacial score (nSPS) is 23.7. The lowest BCUT2D eigenvalue weighted by Gasteiger charge is -2.28. The second kappa shape index (κ2) is 5.61. The highest BCUT2D eigenvalue weighted by molar-refractivity contribution is 6.33. The summed E-state index contributed by atoms with van der Waals surface area (Å²) in [5, 5.41) is 3.87. The zero-order valence-electron chi connectivity index (χ0n) is 10.6. The number of nitrogens with one attached hydrogen (secondary N) is 1. The maximum atomic E-state index is 11.2. The van der Waals surface area contributed by atoms with Gasteiger partial charge in [0, 0.05) is 11.7 Å². The Balaban J connectivity index is 2.09. The highest BCUT2D eigenvalue weighted by atomic mass is 35.5. The van der Waals surface area contributed by atoms with Gasteiger partial charge in [0.15, 0.2) is 0 Å². The molecule has 0 spiro atoms. The molecule has 0 bridgehead atoms. The van der Waals surface area contributed by atoms with Crippen LogP contribution in [0.25, 0.3) is 0 Å².